The molecule has 2 aromatic carbocycles. The molecule has 3 heterocycles. The van der Waals surface area contributed by atoms with E-state index in [-0.39, 0.29) is 23.8 Å². The van der Waals surface area contributed by atoms with Crippen molar-refractivity contribution < 1.29 is 9.59 Å². The van der Waals surface area contributed by atoms with Crippen LogP contribution in [0.1, 0.15) is 49.8 Å². The van der Waals surface area contributed by atoms with Crippen LogP contribution >= 0.6 is 0 Å². The summed E-state index contributed by atoms with van der Waals surface area (Å²) in [4.78, 5) is 40.1. The van der Waals surface area contributed by atoms with Crippen LogP contribution in [0.15, 0.2) is 79.1 Å². The van der Waals surface area contributed by atoms with Crippen LogP contribution in [0.25, 0.3) is 0 Å². The van der Waals surface area contributed by atoms with Crippen LogP contribution in [0.4, 0.5) is 5.95 Å². The summed E-state index contributed by atoms with van der Waals surface area (Å²) in [6, 6.07) is 21.8. The van der Waals surface area contributed by atoms with Crippen LogP contribution in [-0.2, 0) is 15.0 Å². The Hall–Kier alpha value is -3.74. The molecule has 1 atom stereocenters. The highest BCUT2D eigenvalue weighted by atomic mass is 16.2. The summed E-state index contributed by atoms with van der Waals surface area (Å²) in [7, 11) is 0. The normalized spacial score (nSPS) is 18.7. The molecule has 3 aromatic rings. The molecule has 2 aliphatic rings. The second kappa shape index (κ2) is 11.1. The Bertz CT molecular complexity index is 1170. The van der Waals surface area contributed by atoms with Gasteiger partial charge in [-0.1, -0.05) is 60.7 Å². The van der Waals surface area contributed by atoms with Gasteiger partial charge in [-0.05, 0) is 49.8 Å². The van der Waals surface area contributed by atoms with Crippen molar-refractivity contribution in [3.63, 3.8) is 0 Å². The van der Waals surface area contributed by atoms with E-state index in [4.69, 9.17) is 0 Å². The number of anilines is 1. The maximum atomic E-state index is 13.8. The zero-order chi connectivity index (χ0) is 25.7. The topological polar surface area (TPSA) is 78.4 Å². The number of piperidine rings is 2. The highest BCUT2D eigenvalue weighted by Gasteiger charge is 2.44. The molecular weight excluding hydrogens is 462 g/mol. The van der Waals surface area contributed by atoms with Gasteiger partial charge in [-0.2, -0.15) is 0 Å². The Morgan fingerprint density at radius 3 is 2.08 bits per heavy atom. The van der Waals surface area contributed by atoms with Crippen molar-refractivity contribution in [2.75, 3.05) is 31.1 Å². The summed E-state index contributed by atoms with van der Waals surface area (Å²) in [5.74, 6) is 0.998. The summed E-state index contributed by atoms with van der Waals surface area (Å²) >= 11 is 0. The van der Waals surface area contributed by atoms with Gasteiger partial charge < -0.3 is 15.1 Å². The van der Waals surface area contributed by atoms with Crippen molar-refractivity contribution >= 4 is 17.8 Å². The zero-order valence-electron chi connectivity index (χ0n) is 21.4. The molecule has 0 saturated carbocycles. The van der Waals surface area contributed by atoms with E-state index >= 15 is 0 Å². The van der Waals surface area contributed by atoms with Crippen LogP contribution < -0.4 is 10.2 Å². The molecule has 192 valence electrons. The van der Waals surface area contributed by atoms with Crippen molar-refractivity contribution in [1.82, 2.24) is 20.2 Å². The Labute approximate surface area is 218 Å². The zero-order valence-corrected chi connectivity index (χ0v) is 21.4. The summed E-state index contributed by atoms with van der Waals surface area (Å²) in [6.45, 7) is 4.76. The van der Waals surface area contributed by atoms with E-state index in [1.54, 1.807) is 12.4 Å². The smallest absolute Gasteiger partial charge is 0.231 e. The van der Waals surface area contributed by atoms with Gasteiger partial charge in [-0.15, -0.1) is 0 Å². The van der Waals surface area contributed by atoms with Crippen molar-refractivity contribution in [2.24, 2.45) is 5.92 Å². The molecule has 1 N–H and O–H groups in total. The minimum absolute atomic E-state index is 0.0103. The van der Waals surface area contributed by atoms with Crippen molar-refractivity contribution in [2.45, 2.75) is 44.1 Å². The standard InChI is InChI=1S/C30H35N5O2/c1-23(24-9-4-2-5-10-24)33-28(37)30(26-11-6-3-7-12-26)15-21-34(22-16-30)27(36)25-13-19-35(20-14-25)29-31-17-8-18-32-29/h2-12,17-18,23,25H,13-16,19-22H2,1H3,(H,33,37)/t23-/m0/s1. The predicted octanol–water partition coefficient (Wildman–Crippen LogP) is 4.13. The number of aromatic nitrogens is 2. The summed E-state index contributed by atoms with van der Waals surface area (Å²) < 4.78 is 0. The molecule has 2 fully saturated rings. The molecule has 5 rings (SSSR count). The molecule has 7 nitrogen and oxygen atoms in total. The first kappa shape index (κ1) is 24.9. The van der Waals surface area contributed by atoms with E-state index in [0.717, 1.165) is 43.0 Å². The van der Waals surface area contributed by atoms with Gasteiger partial charge in [0.1, 0.15) is 0 Å². The molecule has 0 spiro atoms. The number of nitrogens with zero attached hydrogens (tertiary/aromatic N) is 4. The van der Waals surface area contributed by atoms with E-state index < -0.39 is 5.41 Å². The van der Waals surface area contributed by atoms with Crippen LogP contribution in [-0.4, -0.2) is 52.9 Å². The molecule has 0 bridgehead atoms. The van der Waals surface area contributed by atoms with E-state index in [9.17, 15) is 9.59 Å². The minimum atomic E-state index is -0.644. The van der Waals surface area contributed by atoms with Crippen molar-refractivity contribution in [3.05, 3.63) is 90.3 Å². The molecule has 1 aromatic heterocycles. The Morgan fingerprint density at radius 2 is 1.46 bits per heavy atom. The van der Waals surface area contributed by atoms with E-state index in [0.29, 0.717) is 25.9 Å². The number of carbonyl (C=O) groups excluding carboxylic acids is 2. The second-order valence-corrected chi connectivity index (χ2v) is 10.2. The molecule has 2 saturated heterocycles. The number of hydrogen-bond acceptors (Lipinski definition) is 5. The Morgan fingerprint density at radius 1 is 0.865 bits per heavy atom. The maximum Gasteiger partial charge on any atom is 0.231 e. The molecule has 0 unspecified atom stereocenters. The van der Waals surface area contributed by atoms with Gasteiger partial charge in [0, 0.05) is 44.5 Å². The molecule has 37 heavy (non-hydrogen) atoms. The predicted molar refractivity (Wildman–Crippen MR) is 144 cm³/mol. The lowest BCUT2D eigenvalue weighted by Gasteiger charge is -2.43. The first-order chi connectivity index (χ1) is 18.1. The van der Waals surface area contributed by atoms with Gasteiger partial charge in [-0.25, -0.2) is 9.97 Å². The highest BCUT2D eigenvalue weighted by molar-refractivity contribution is 5.89. The number of carbonyl (C=O) groups is 2. The molecule has 7 heteroatoms. The minimum Gasteiger partial charge on any atom is -0.349 e. The fourth-order valence-corrected chi connectivity index (χ4v) is 5.71. The third kappa shape index (κ3) is 5.36. The maximum absolute atomic E-state index is 13.8. The molecule has 0 radical (unpaired) electrons. The summed E-state index contributed by atoms with van der Waals surface area (Å²) in [6.07, 6.45) is 6.34. The molecule has 2 aliphatic heterocycles. The lowest BCUT2D eigenvalue weighted by molar-refractivity contribution is -0.140. The summed E-state index contributed by atoms with van der Waals surface area (Å²) in [5.41, 5.74) is 1.46. The van der Waals surface area contributed by atoms with Crippen LogP contribution in [0.3, 0.4) is 0 Å². The molecule has 0 aliphatic carbocycles. The number of amides is 2. The van der Waals surface area contributed by atoms with Gasteiger partial charge in [-0.3, -0.25) is 9.59 Å². The fourth-order valence-electron chi connectivity index (χ4n) is 5.71. The summed E-state index contributed by atoms with van der Waals surface area (Å²) in [5, 5.41) is 3.27. The average molecular weight is 498 g/mol. The quantitative estimate of drug-likeness (QED) is 0.554. The van der Waals surface area contributed by atoms with Crippen LogP contribution in [0.5, 0.6) is 0 Å². The Kier molecular flexibility index (Phi) is 7.49. The lowest BCUT2D eigenvalue weighted by atomic mass is 9.71. The van der Waals surface area contributed by atoms with Crippen LogP contribution in [0.2, 0.25) is 0 Å². The lowest BCUT2D eigenvalue weighted by Crippen LogP contribution is -2.54. The number of hydrogen-bond donors (Lipinski definition) is 1. The number of likely N-dealkylation sites (tertiary alicyclic amines) is 1. The van der Waals surface area contributed by atoms with E-state index in [1.807, 2.05) is 78.6 Å². The fraction of sp³-hybridized carbons (Fsp3) is 0.400. The SMILES string of the molecule is C[C@H](NC(=O)C1(c2ccccc2)CCN(C(=O)C2CCN(c3ncccn3)CC2)CC1)c1ccccc1. The highest BCUT2D eigenvalue weighted by Crippen LogP contribution is 2.37. The molecular formula is C30H35N5O2. The molecule has 2 amide bonds. The number of rotatable bonds is 6. The van der Waals surface area contributed by atoms with E-state index in [2.05, 4.69) is 20.2 Å². The average Bonchev–Trinajstić information content (AvgIpc) is 2.98. The largest absolute Gasteiger partial charge is 0.349 e. The van der Waals surface area contributed by atoms with Crippen LogP contribution in [0, 0.1) is 5.92 Å². The van der Waals surface area contributed by atoms with Gasteiger partial charge >= 0.3 is 0 Å². The third-order valence-electron chi connectivity index (χ3n) is 8.02. The monoisotopic (exact) mass is 497 g/mol. The second-order valence-electron chi connectivity index (χ2n) is 10.2. The van der Waals surface area contributed by atoms with Crippen molar-refractivity contribution in [1.29, 1.82) is 0 Å². The Balaban J connectivity index is 1.24. The van der Waals surface area contributed by atoms with E-state index in [1.165, 1.54) is 0 Å². The van der Waals surface area contributed by atoms with Gasteiger partial charge in [0.2, 0.25) is 17.8 Å². The number of nitrogens with one attached hydrogen (secondary N) is 1. The first-order valence-corrected chi connectivity index (χ1v) is 13.3. The third-order valence-corrected chi connectivity index (χ3v) is 8.02. The van der Waals surface area contributed by atoms with Gasteiger partial charge in [0.05, 0.1) is 11.5 Å². The first-order valence-electron chi connectivity index (χ1n) is 13.3. The number of benzene rings is 2. The van der Waals surface area contributed by atoms with Crippen molar-refractivity contribution in [3.8, 4) is 0 Å². The van der Waals surface area contributed by atoms with Gasteiger partial charge in [0.15, 0.2) is 0 Å². The van der Waals surface area contributed by atoms with Gasteiger partial charge in [0.25, 0.3) is 0 Å².